The van der Waals surface area contributed by atoms with E-state index in [9.17, 15) is 18.0 Å². The first-order valence-electron chi connectivity index (χ1n) is 5.93. The molecule has 1 fully saturated rings. The van der Waals surface area contributed by atoms with E-state index in [1.165, 1.54) is 12.4 Å². The van der Waals surface area contributed by atoms with Crippen molar-refractivity contribution in [3.63, 3.8) is 0 Å². The van der Waals surface area contributed by atoms with Gasteiger partial charge in [0.25, 0.3) is 0 Å². The van der Waals surface area contributed by atoms with Crippen LogP contribution in [-0.2, 0) is 16.1 Å². The molecule has 0 bridgehead atoms. The van der Waals surface area contributed by atoms with Crippen molar-refractivity contribution < 1.29 is 22.7 Å². The first-order chi connectivity index (χ1) is 8.95. The molecule has 0 aromatic carbocycles. The fraction of sp³-hybridized carbons (Fsp3) is 0.636. The van der Waals surface area contributed by atoms with Gasteiger partial charge in [0, 0.05) is 26.0 Å². The lowest BCUT2D eigenvalue weighted by molar-refractivity contribution is -0.167. The van der Waals surface area contributed by atoms with E-state index in [0.29, 0.717) is 25.7 Å². The molecule has 1 aromatic rings. The molecule has 0 radical (unpaired) electrons. The van der Waals surface area contributed by atoms with E-state index < -0.39 is 12.1 Å². The normalized spacial score (nSPS) is 17.4. The van der Waals surface area contributed by atoms with Crippen LogP contribution in [0, 0.1) is 5.92 Å². The van der Waals surface area contributed by atoms with Gasteiger partial charge in [0.05, 0.1) is 11.9 Å². The Hall–Kier alpha value is -1.57. The molecule has 0 unspecified atom stereocenters. The number of nitrogens with one attached hydrogen (secondary N) is 1. The van der Waals surface area contributed by atoms with Gasteiger partial charge < -0.3 is 10.1 Å². The minimum atomic E-state index is -4.89. The summed E-state index contributed by atoms with van der Waals surface area (Å²) in [5.74, 6) is -1.59. The van der Waals surface area contributed by atoms with Gasteiger partial charge in [-0.3, -0.25) is 9.48 Å². The van der Waals surface area contributed by atoms with Crippen molar-refractivity contribution in [1.82, 2.24) is 9.78 Å². The lowest BCUT2D eigenvalue weighted by atomic mass is 10.0. The number of rotatable bonds is 3. The van der Waals surface area contributed by atoms with Crippen LogP contribution in [0.4, 0.5) is 18.9 Å². The number of alkyl halides is 3. The van der Waals surface area contributed by atoms with Gasteiger partial charge in [-0.1, -0.05) is 0 Å². The van der Waals surface area contributed by atoms with E-state index in [4.69, 9.17) is 4.74 Å². The van der Waals surface area contributed by atoms with Crippen molar-refractivity contribution in [2.24, 2.45) is 5.92 Å². The highest BCUT2D eigenvalue weighted by atomic mass is 19.4. The third-order valence-corrected chi connectivity index (χ3v) is 2.93. The van der Waals surface area contributed by atoms with Crippen molar-refractivity contribution in [2.75, 3.05) is 18.5 Å². The van der Waals surface area contributed by atoms with Crippen LogP contribution in [0.1, 0.15) is 12.8 Å². The number of hydrogen-bond donors (Lipinski definition) is 1. The maximum absolute atomic E-state index is 12.1. The molecular formula is C11H14F3N3O2. The molecule has 1 saturated heterocycles. The molecule has 1 aliphatic rings. The molecule has 1 aliphatic heterocycles. The zero-order chi connectivity index (χ0) is 13.9. The number of halogens is 3. The van der Waals surface area contributed by atoms with Crippen LogP contribution >= 0.6 is 0 Å². The number of aromatic nitrogens is 2. The Morgan fingerprint density at radius 1 is 1.47 bits per heavy atom. The van der Waals surface area contributed by atoms with E-state index in [-0.39, 0.29) is 5.69 Å². The van der Waals surface area contributed by atoms with Crippen molar-refractivity contribution in [3.05, 3.63) is 12.4 Å². The summed E-state index contributed by atoms with van der Waals surface area (Å²) in [6.07, 6.45) is -0.459. The second-order valence-corrected chi connectivity index (χ2v) is 4.46. The zero-order valence-electron chi connectivity index (χ0n) is 10.1. The third-order valence-electron chi connectivity index (χ3n) is 2.93. The number of anilines is 1. The van der Waals surface area contributed by atoms with E-state index in [1.54, 1.807) is 10.00 Å². The van der Waals surface area contributed by atoms with E-state index in [2.05, 4.69) is 5.10 Å². The Bertz CT molecular complexity index is 439. The smallest absolute Gasteiger partial charge is 0.381 e. The molecule has 1 aromatic heterocycles. The van der Waals surface area contributed by atoms with E-state index >= 15 is 0 Å². The molecule has 19 heavy (non-hydrogen) atoms. The highest BCUT2D eigenvalue weighted by Crippen LogP contribution is 2.19. The first-order valence-corrected chi connectivity index (χ1v) is 5.93. The highest BCUT2D eigenvalue weighted by molar-refractivity contribution is 5.94. The van der Waals surface area contributed by atoms with Crippen LogP contribution < -0.4 is 5.32 Å². The molecule has 5 nitrogen and oxygen atoms in total. The number of amides is 1. The molecule has 1 N–H and O–H groups in total. The summed E-state index contributed by atoms with van der Waals surface area (Å²) in [6.45, 7) is 2.01. The van der Waals surface area contributed by atoms with Crippen LogP contribution in [-0.4, -0.2) is 35.1 Å². The minimum absolute atomic E-state index is 0.0504. The van der Waals surface area contributed by atoms with Crippen LogP contribution in [0.3, 0.4) is 0 Å². The Kier molecular flexibility index (Phi) is 4.08. The topological polar surface area (TPSA) is 56.2 Å². The van der Waals surface area contributed by atoms with Gasteiger partial charge >= 0.3 is 12.1 Å². The van der Waals surface area contributed by atoms with Crippen molar-refractivity contribution in [3.8, 4) is 0 Å². The summed E-state index contributed by atoms with van der Waals surface area (Å²) >= 11 is 0. The Labute approximate surface area is 107 Å². The molecule has 2 heterocycles. The maximum Gasteiger partial charge on any atom is 0.471 e. The van der Waals surface area contributed by atoms with Crippen LogP contribution in [0.5, 0.6) is 0 Å². The van der Waals surface area contributed by atoms with Gasteiger partial charge in [-0.25, -0.2) is 0 Å². The number of ether oxygens (including phenoxy) is 1. The van der Waals surface area contributed by atoms with Crippen LogP contribution in [0.15, 0.2) is 12.4 Å². The molecular weight excluding hydrogens is 263 g/mol. The predicted molar refractivity (Wildman–Crippen MR) is 60.5 cm³/mol. The zero-order valence-corrected chi connectivity index (χ0v) is 10.1. The minimum Gasteiger partial charge on any atom is -0.381 e. The molecule has 0 spiro atoms. The Morgan fingerprint density at radius 3 is 2.79 bits per heavy atom. The quantitative estimate of drug-likeness (QED) is 0.916. The second kappa shape index (κ2) is 5.60. The van der Waals surface area contributed by atoms with Crippen LogP contribution in [0.2, 0.25) is 0 Å². The summed E-state index contributed by atoms with van der Waals surface area (Å²) < 4.78 is 42.9. The molecule has 8 heteroatoms. The first kappa shape index (κ1) is 13.9. The fourth-order valence-electron chi connectivity index (χ4n) is 1.92. The number of carbonyl (C=O) groups excluding carboxylic acids is 1. The number of nitrogens with zero attached hydrogens (tertiary/aromatic N) is 2. The Morgan fingerprint density at radius 2 is 2.16 bits per heavy atom. The molecule has 1 amide bonds. The maximum atomic E-state index is 12.1. The predicted octanol–water partition coefficient (Wildman–Crippen LogP) is 1.81. The largest absolute Gasteiger partial charge is 0.471 e. The molecule has 2 rings (SSSR count). The monoisotopic (exact) mass is 277 g/mol. The Balaban J connectivity index is 1.89. The van der Waals surface area contributed by atoms with Gasteiger partial charge in [-0.05, 0) is 18.8 Å². The second-order valence-electron chi connectivity index (χ2n) is 4.46. The number of hydrogen-bond acceptors (Lipinski definition) is 3. The van der Waals surface area contributed by atoms with Crippen molar-refractivity contribution in [1.29, 1.82) is 0 Å². The highest BCUT2D eigenvalue weighted by Gasteiger charge is 2.38. The SMILES string of the molecule is O=C(Nc1cnn(CC2CCOCC2)c1)C(F)(F)F. The summed E-state index contributed by atoms with van der Waals surface area (Å²) in [4.78, 5) is 10.7. The molecule has 0 saturated carbocycles. The summed E-state index contributed by atoms with van der Waals surface area (Å²) in [7, 11) is 0. The van der Waals surface area contributed by atoms with Gasteiger partial charge in [0.15, 0.2) is 0 Å². The van der Waals surface area contributed by atoms with Gasteiger partial charge in [0.1, 0.15) is 0 Å². The molecule has 0 atom stereocenters. The van der Waals surface area contributed by atoms with Crippen LogP contribution in [0.25, 0.3) is 0 Å². The summed E-state index contributed by atoms with van der Waals surface area (Å²) in [5.41, 5.74) is 0.0504. The summed E-state index contributed by atoms with van der Waals surface area (Å²) in [6, 6.07) is 0. The van der Waals surface area contributed by atoms with Gasteiger partial charge in [0.2, 0.25) is 0 Å². The van der Waals surface area contributed by atoms with E-state index in [1.807, 2.05) is 0 Å². The number of carbonyl (C=O) groups is 1. The molecule has 0 aliphatic carbocycles. The van der Waals surface area contributed by atoms with Crippen molar-refractivity contribution >= 4 is 11.6 Å². The third kappa shape index (κ3) is 3.95. The van der Waals surface area contributed by atoms with Gasteiger partial charge in [-0.15, -0.1) is 0 Å². The summed E-state index contributed by atoms with van der Waals surface area (Å²) in [5, 5.41) is 5.71. The lowest BCUT2D eigenvalue weighted by Crippen LogP contribution is -2.29. The average Bonchev–Trinajstić information content (AvgIpc) is 2.76. The standard InChI is InChI=1S/C11H14F3N3O2/c12-11(13,14)10(18)16-9-5-15-17(7-9)6-8-1-3-19-4-2-8/h5,7-8H,1-4,6H2,(H,16,18). The van der Waals surface area contributed by atoms with E-state index in [0.717, 1.165) is 12.8 Å². The average molecular weight is 277 g/mol. The molecule has 106 valence electrons. The van der Waals surface area contributed by atoms with Crippen molar-refractivity contribution in [2.45, 2.75) is 25.6 Å². The fourth-order valence-corrected chi connectivity index (χ4v) is 1.92. The van der Waals surface area contributed by atoms with Gasteiger partial charge in [-0.2, -0.15) is 18.3 Å². The lowest BCUT2D eigenvalue weighted by Gasteiger charge is -2.21.